The molecule has 1 N–H and O–H groups in total. The molecule has 0 atom stereocenters. The van der Waals surface area contributed by atoms with Crippen LogP contribution in [0.5, 0.6) is 11.5 Å². The lowest BCUT2D eigenvalue weighted by atomic mass is 10.1. The summed E-state index contributed by atoms with van der Waals surface area (Å²) in [7, 11) is -3.78. The molecule has 49 heavy (non-hydrogen) atoms. The van der Waals surface area contributed by atoms with Crippen LogP contribution in [0.15, 0.2) is 47.4 Å². The maximum atomic E-state index is 12.3. The number of carbonyl (C=O) groups excluding carboxylic acids is 3. The number of ether oxygens (including phenoxy) is 4. The average molecular weight is 704 g/mol. The highest BCUT2D eigenvalue weighted by molar-refractivity contribution is 7.86. The molecule has 3 amide bonds. The SMILES string of the molecule is CC(C)(C)OC(=O)N1CCC(Oc2ccc3c(c2)NC(=O)CO3)CC1.Cc1ccc(S(=O)(=O)OC2CCN(C(=O)OC(C)(C)C)CC2)cc1. The molecule has 0 bridgehead atoms. The summed E-state index contributed by atoms with van der Waals surface area (Å²) in [5.74, 6) is 1.15. The maximum absolute atomic E-state index is 12.3. The Morgan fingerprint density at radius 1 is 0.796 bits per heavy atom. The van der Waals surface area contributed by atoms with Gasteiger partial charge in [0.05, 0.1) is 16.7 Å². The molecule has 2 fully saturated rings. The van der Waals surface area contributed by atoms with Crippen LogP contribution in [0.1, 0.15) is 72.8 Å². The van der Waals surface area contributed by atoms with Gasteiger partial charge in [0.15, 0.2) is 6.61 Å². The number of anilines is 1. The smallest absolute Gasteiger partial charge is 0.410 e. The lowest BCUT2D eigenvalue weighted by Crippen LogP contribution is -2.44. The minimum absolute atomic E-state index is 0.0250. The van der Waals surface area contributed by atoms with Crippen molar-refractivity contribution in [3.63, 3.8) is 0 Å². The number of carbonyl (C=O) groups is 3. The highest BCUT2D eigenvalue weighted by Gasteiger charge is 2.31. The van der Waals surface area contributed by atoms with E-state index in [1.54, 1.807) is 46.2 Å². The van der Waals surface area contributed by atoms with Gasteiger partial charge in [0.25, 0.3) is 16.0 Å². The summed E-state index contributed by atoms with van der Waals surface area (Å²) in [5, 5.41) is 2.77. The molecule has 3 aliphatic heterocycles. The van der Waals surface area contributed by atoms with Gasteiger partial charge >= 0.3 is 12.2 Å². The van der Waals surface area contributed by atoms with E-state index in [-0.39, 0.29) is 35.7 Å². The highest BCUT2D eigenvalue weighted by atomic mass is 32.2. The van der Waals surface area contributed by atoms with Gasteiger partial charge in [0.2, 0.25) is 0 Å². The molecule has 5 rings (SSSR count). The minimum Gasteiger partial charge on any atom is -0.490 e. The standard InChI is InChI=1S/C18H24N2O5.C17H25NO5S/c1-18(2,3)25-17(22)20-8-6-12(7-9-20)24-13-4-5-15-14(10-13)19-16(21)11-23-15;1-13-5-7-15(8-6-13)24(20,21)23-14-9-11-18(12-10-14)16(19)22-17(2,3)4/h4-5,10,12H,6-9,11H2,1-3H3,(H,19,21);5-8,14H,9-12H2,1-4H3. The largest absolute Gasteiger partial charge is 0.490 e. The van der Waals surface area contributed by atoms with Crippen molar-refractivity contribution < 1.29 is 45.9 Å². The Hall–Kier alpha value is -4.04. The zero-order valence-electron chi connectivity index (χ0n) is 29.4. The molecule has 13 nitrogen and oxygen atoms in total. The topological polar surface area (TPSA) is 150 Å². The number of aryl methyl sites for hydroxylation is 1. The number of rotatable bonds is 5. The second-order valence-corrected chi connectivity index (χ2v) is 15.9. The van der Waals surface area contributed by atoms with Gasteiger partial charge in [-0.1, -0.05) is 17.7 Å². The van der Waals surface area contributed by atoms with Crippen LogP contribution >= 0.6 is 0 Å². The molecule has 3 aliphatic rings. The van der Waals surface area contributed by atoms with E-state index >= 15 is 0 Å². The fraction of sp³-hybridized carbons (Fsp3) is 0.571. The number of benzene rings is 2. The Morgan fingerprint density at radius 2 is 1.31 bits per heavy atom. The van der Waals surface area contributed by atoms with Gasteiger partial charge in [-0.2, -0.15) is 8.42 Å². The monoisotopic (exact) mass is 703 g/mol. The molecule has 0 aromatic heterocycles. The van der Waals surface area contributed by atoms with E-state index in [1.165, 1.54) is 0 Å². The fourth-order valence-electron chi connectivity index (χ4n) is 5.21. The van der Waals surface area contributed by atoms with E-state index < -0.39 is 27.4 Å². The van der Waals surface area contributed by atoms with Crippen molar-refractivity contribution in [1.29, 1.82) is 0 Å². The van der Waals surface area contributed by atoms with E-state index in [4.69, 9.17) is 23.1 Å². The summed E-state index contributed by atoms with van der Waals surface area (Å²) in [6, 6.07) is 12.0. The highest BCUT2D eigenvalue weighted by Crippen LogP contribution is 2.32. The van der Waals surface area contributed by atoms with Gasteiger partial charge < -0.3 is 34.1 Å². The Labute approximate surface area is 289 Å². The molecule has 2 saturated heterocycles. The molecule has 2 aromatic carbocycles. The van der Waals surface area contributed by atoms with Crippen molar-refractivity contribution in [2.75, 3.05) is 38.1 Å². The van der Waals surface area contributed by atoms with Crippen molar-refractivity contribution in [2.45, 2.75) is 102 Å². The van der Waals surface area contributed by atoms with Crippen LogP contribution in [0.3, 0.4) is 0 Å². The van der Waals surface area contributed by atoms with Crippen LogP contribution in [0.25, 0.3) is 0 Å². The zero-order chi connectivity index (χ0) is 36.0. The van der Waals surface area contributed by atoms with Crippen molar-refractivity contribution in [1.82, 2.24) is 9.80 Å². The van der Waals surface area contributed by atoms with Crippen LogP contribution < -0.4 is 14.8 Å². The van der Waals surface area contributed by atoms with Crippen molar-refractivity contribution in [3.8, 4) is 11.5 Å². The lowest BCUT2D eigenvalue weighted by molar-refractivity contribution is -0.118. The molecule has 3 heterocycles. The second kappa shape index (κ2) is 15.7. The second-order valence-electron chi connectivity index (χ2n) is 14.3. The Kier molecular flexibility index (Phi) is 12.1. The quantitative estimate of drug-likeness (QED) is 0.373. The van der Waals surface area contributed by atoms with Crippen LogP contribution in [-0.4, -0.2) is 92.5 Å². The van der Waals surface area contributed by atoms with Crippen molar-refractivity contribution in [3.05, 3.63) is 48.0 Å². The zero-order valence-corrected chi connectivity index (χ0v) is 30.3. The summed E-state index contributed by atoms with van der Waals surface area (Å²) in [6.07, 6.45) is 1.35. The number of hydrogen-bond donors (Lipinski definition) is 1. The summed E-state index contributed by atoms with van der Waals surface area (Å²) in [6.45, 7) is 15.0. The van der Waals surface area contributed by atoms with Crippen LogP contribution in [0, 0.1) is 6.92 Å². The van der Waals surface area contributed by atoms with Gasteiger partial charge in [-0.3, -0.25) is 8.98 Å². The number of nitrogens with one attached hydrogen (secondary N) is 1. The first kappa shape index (κ1) is 37.8. The number of amides is 3. The van der Waals surface area contributed by atoms with E-state index in [9.17, 15) is 22.8 Å². The first-order valence-corrected chi connectivity index (χ1v) is 18.0. The molecule has 2 aromatic rings. The van der Waals surface area contributed by atoms with Crippen LogP contribution in [0.4, 0.5) is 15.3 Å². The maximum Gasteiger partial charge on any atom is 0.410 e. The fourth-order valence-corrected chi connectivity index (χ4v) is 6.34. The first-order chi connectivity index (χ1) is 22.9. The Balaban J connectivity index is 0.000000221. The molecule has 0 spiro atoms. The van der Waals surface area contributed by atoms with Crippen LogP contribution in [-0.2, 0) is 28.6 Å². The van der Waals surface area contributed by atoms with Crippen molar-refractivity contribution >= 4 is 33.9 Å². The number of piperidine rings is 2. The van der Waals surface area contributed by atoms with Gasteiger partial charge in [0, 0.05) is 45.1 Å². The van der Waals surface area contributed by atoms with E-state index in [2.05, 4.69) is 5.32 Å². The molecule has 270 valence electrons. The first-order valence-electron chi connectivity index (χ1n) is 16.6. The van der Waals surface area contributed by atoms with Gasteiger partial charge in [-0.15, -0.1) is 0 Å². The van der Waals surface area contributed by atoms with Gasteiger partial charge in [0.1, 0.15) is 28.8 Å². The third-order valence-corrected chi connectivity index (χ3v) is 9.02. The Bertz CT molecular complexity index is 1570. The molecule has 0 aliphatic carbocycles. The number of hydrogen-bond acceptors (Lipinski definition) is 10. The Morgan fingerprint density at radius 3 is 1.82 bits per heavy atom. The van der Waals surface area contributed by atoms with E-state index in [0.29, 0.717) is 56.2 Å². The summed E-state index contributed by atoms with van der Waals surface area (Å²) in [4.78, 5) is 38.9. The third kappa shape index (κ3) is 11.8. The average Bonchev–Trinajstić information content (AvgIpc) is 3.00. The van der Waals surface area contributed by atoms with Crippen molar-refractivity contribution in [2.24, 2.45) is 0 Å². The molecule has 0 radical (unpaired) electrons. The molecule has 0 unspecified atom stereocenters. The number of nitrogens with zero attached hydrogens (tertiary/aromatic N) is 2. The molecule has 14 heteroatoms. The summed E-state index contributed by atoms with van der Waals surface area (Å²) < 4.78 is 52.0. The minimum atomic E-state index is -3.78. The van der Waals surface area contributed by atoms with Gasteiger partial charge in [-0.25, -0.2) is 9.59 Å². The third-order valence-electron chi connectivity index (χ3n) is 7.65. The summed E-state index contributed by atoms with van der Waals surface area (Å²) in [5.41, 5.74) is 0.582. The van der Waals surface area contributed by atoms with Gasteiger partial charge in [-0.05, 0) is 85.6 Å². The molecule has 0 saturated carbocycles. The summed E-state index contributed by atoms with van der Waals surface area (Å²) >= 11 is 0. The van der Waals surface area contributed by atoms with E-state index in [0.717, 1.165) is 18.4 Å². The normalized spacial score (nSPS) is 17.5. The predicted octanol–water partition coefficient (Wildman–Crippen LogP) is 5.90. The van der Waals surface area contributed by atoms with E-state index in [1.807, 2.05) is 54.5 Å². The predicted molar refractivity (Wildman–Crippen MR) is 182 cm³/mol. The number of likely N-dealkylation sites (tertiary alicyclic amines) is 2. The molecular weight excluding hydrogens is 654 g/mol. The van der Waals surface area contributed by atoms with Crippen LogP contribution in [0.2, 0.25) is 0 Å². The molecular formula is C35H49N3O10S. The lowest BCUT2D eigenvalue weighted by Gasteiger charge is -2.33. The number of fused-ring (bicyclic) bond motifs is 1.